The molecule has 2 aliphatic heterocycles. The van der Waals surface area contributed by atoms with E-state index in [0.717, 1.165) is 69.2 Å². The number of hydrogen-bond acceptors (Lipinski definition) is 8. The van der Waals surface area contributed by atoms with E-state index in [2.05, 4.69) is 91.6 Å². The molecule has 9 heteroatoms. The molecule has 48 heavy (non-hydrogen) atoms. The number of halogens is 1. The number of piperazine rings is 1. The highest BCUT2D eigenvalue weighted by molar-refractivity contribution is 6.44. The number of allylic oxidation sites excluding steroid dienone is 2. The van der Waals surface area contributed by atoms with Crippen LogP contribution in [-0.2, 0) is 25.9 Å². The molecule has 2 aliphatic rings. The van der Waals surface area contributed by atoms with E-state index in [1.807, 2.05) is 39.0 Å². The number of aryl methyl sites for hydroxylation is 2. The van der Waals surface area contributed by atoms with Gasteiger partial charge in [0.2, 0.25) is 0 Å². The van der Waals surface area contributed by atoms with Gasteiger partial charge in [0.15, 0.2) is 0 Å². The molecule has 1 atom stereocenters. The number of ether oxygens (including phenoxy) is 1. The van der Waals surface area contributed by atoms with Gasteiger partial charge in [-0.15, -0.1) is 6.58 Å². The lowest BCUT2D eigenvalue weighted by Gasteiger charge is -2.35. The Morgan fingerprint density at radius 1 is 0.854 bits per heavy atom. The first-order chi connectivity index (χ1) is 23.4. The quantitative estimate of drug-likeness (QED) is 0.193. The summed E-state index contributed by atoms with van der Waals surface area (Å²) in [6.45, 7) is 15.1. The Labute approximate surface area is 290 Å². The maximum Gasteiger partial charge on any atom is 0.321 e. The number of fused-ring (bicyclic) bond motifs is 4. The number of nitrogens with zero attached hydrogens (tertiary/aromatic N) is 5. The molecule has 4 aromatic rings. The molecule has 0 saturated carbocycles. The molecule has 1 aromatic heterocycles. The van der Waals surface area contributed by atoms with Crippen molar-refractivity contribution in [1.82, 2.24) is 19.8 Å². The molecule has 8 nitrogen and oxygen atoms in total. The van der Waals surface area contributed by atoms with E-state index in [-0.39, 0.29) is 6.17 Å². The molecular formula is C39H46ClN7O. The van der Waals surface area contributed by atoms with Crippen molar-refractivity contribution in [2.75, 3.05) is 36.8 Å². The van der Waals surface area contributed by atoms with Crippen molar-refractivity contribution in [1.29, 1.82) is 0 Å². The van der Waals surface area contributed by atoms with E-state index in [1.165, 1.54) is 22.3 Å². The van der Waals surface area contributed by atoms with Crippen LogP contribution in [0.5, 0.6) is 11.8 Å². The van der Waals surface area contributed by atoms with Crippen LogP contribution in [0.4, 0.5) is 11.4 Å². The molecule has 0 amide bonds. The summed E-state index contributed by atoms with van der Waals surface area (Å²) in [5.74, 6) is 1.41. The van der Waals surface area contributed by atoms with E-state index >= 15 is 0 Å². The van der Waals surface area contributed by atoms with Gasteiger partial charge in [0.05, 0.1) is 5.03 Å². The van der Waals surface area contributed by atoms with Crippen molar-refractivity contribution in [2.24, 2.45) is 4.99 Å². The Morgan fingerprint density at radius 3 is 2.19 bits per heavy atom. The second-order valence-corrected chi connectivity index (χ2v) is 12.4. The molecule has 0 aliphatic carbocycles. The first kappa shape index (κ1) is 34.8. The number of rotatable bonds is 7. The molecule has 1 fully saturated rings. The molecule has 3 heterocycles. The Hall–Kier alpha value is -4.50. The average Bonchev–Trinajstić information content (AvgIpc) is 3.09. The normalized spacial score (nSPS) is 18.2. The number of aliphatic imine (C=N–C) groups is 1. The maximum absolute atomic E-state index is 6.64. The van der Waals surface area contributed by atoms with Gasteiger partial charge in [-0.05, 0) is 98.3 Å². The monoisotopic (exact) mass is 663 g/mol. The van der Waals surface area contributed by atoms with E-state index in [4.69, 9.17) is 21.3 Å². The molecular weight excluding hydrogens is 618 g/mol. The van der Waals surface area contributed by atoms with Gasteiger partial charge in [-0.2, -0.15) is 0 Å². The summed E-state index contributed by atoms with van der Waals surface area (Å²) in [5.41, 5.74) is 7.27. The van der Waals surface area contributed by atoms with Crippen molar-refractivity contribution in [3.63, 3.8) is 0 Å². The lowest BCUT2D eigenvalue weighted by Crippen LogP contribution is -2.45. The summed E-state index contributed by atoms with van der Waals surface area (Å²) in [7, 11) is 0. The van der Waals surface area contributed by atoms with Gasteiger partial charge < -0.3 is 15.4 Å². The third-order valence-electron chi connectivity index (χ3n) is 8.07. The van der Waals surface area contributed by atoms with Crippen LogP contribution in [-0.4, -0.2) is 57.9 Å². The maximum atomic E-state index is 6.64. The number of anilines is 2. The van der Waals surface area contributed by atoms with E-state index in [9.17, 15) is 0 Å². The minimum Gasteiger partial charge on any atom is -0.424 e. The number of amidine groups is 1. The molecule has 1 unspecified atom stereocenters. The van der Waals surface area contributed by atoms with Crippen molar-refractivity contribution in [3.8, 4) is 11.8 Å². The highest BCUT2D eigenvalue weighted by Gasteiger charge is 2.18. The van der Waals surface area contributed by atoms with Gasteiger partial charge in [-0.1, -0.05) is 54.1 Å². The van der Waals surface area contributed by atoms with Crippen LogP contribution in [0.2, 0.25) is 0 Å². The molecule has 1 saturated heterocycles. The van der Waals surface area contributed by atoms with E-state index in [0.29, 0.717) is 16.9 Å². The number of aromatic nitrogens is 2. The molecule has 250 valence electrons. The first-order valence-electron chi connectivity index (χ1n) is 16.6. The second kappa shape index (κ2) is 17.6. The van der Waals surface area contributed by atoms with Crippen LogP contribution in [0.15, 0.2) is 114 Å². The summed E-state index contributed by atoms with van der Waals surface area (Å²) in [5, 5.41) is 7.64. The fourth-order valence-corrected chi connectivity index (χ4v) is 5.89. The van der Waals surface area contributed by atoms with Crippen LogP contribution in [0.25, 0.3) is 0 Å². The molecule has 0 spiro atoms. The summed E-state index contributed by atoms with van der Waals surface area (Å²) >= 11 is 6.64. The van der Waals surface area contributed by atoms with Gasteiger partial charge in [-0.25, -0.2) is 15.0 Å². The van der Waals surface area contributed by atoms with Crippen molar-refractivity contribution >= 4 is 28.8 Å². The third-order valence-corrected chi connectivity index (χ3v) is 8.47. The molecule has 4 bridgehead atoms. The van der Waals surface area contributed by atoms with Gasteiger partial charge in [-0.3, -0.25) is 9.80 Å². The van der Waals surface area contributed by atoms with Crippen LogP contribution in [0, 0.1) is 0 Å². The zero-order valence-electron chi connectivity index (χ0n) is 28.2. The Kier molecular flexibility index (Phi) is 12.8. The standard InChI is InChI=1S/C36H40ClN7O.C3H6/c1-3-34(37)35-41-26(2)40-31-7-4-6-27(21-31)8-9-29-20-30(23-32(22-29)42-35)25-44-18-16-43(17-19-44)24-28-10-12-33(13-11-28)45-36-38-14-5-15-39-36;1-3-2/h3-7,10-15,20-23,26,40H,8-9,16-19,24-25H2,1-2H3,(H,41,42);3H,1H2,2H3/b34-3+;. The van der Waals surface area contributed by atoms with Gasteiger partial charge in [0.1, 0.15) is 17.8 Å². The SMILES string of the molecule is C/C=C(Cl)\C1=N/C(C)Nc2cccc(c2)CCc2cc(CN3CCN(Cc4ccc(Oc5ncccn5)cc4)CC3)cc(c2)N1.C=CC. The minimum atomic E-state index is -0.147. The van der Waals surface area contributed by atoms with Gasteiger partial charge >= 0.3 is 6.01 Å². The molecule has 0 radical (unpaired) electrons. The lowest BCUT2D eigenvalue weighted by molar-refractivity contribution is 0.122. The molecule has 2 N–H and O–H groups in total. The topological polar surface area (TPSA) is 77.9 Å². The summed E-state index contributed by atoms with van der Waals surface area (Å²) < 4.78 is 5.74. The smallest absolute Gasteiger partial charge is 0.321 e. The van der Waals surface area contributed by atoms with Crippen molar-refractivity contribution < 1.29 is 4.74 Å². The summed E-state index contributed by atoms with van der Waals surface area (Å²) in [6.07, 6.45) is 8.77. The zero-order valence-corrected chi connectivity index (χ0v) is 29.0. The van der Waals surface area contributed by atoms with Crippen molar-refractivity contribution in [2.45, 2.75) is 52.9 Å². The minimum absolute atomic E-state index is 0.147. The Morgan fingerprint density at radius 2 is 1.50 bits per heavy atom. The van der Waals surface area contributed by atoms with Crippen LogP contribution < -0.4 is 15.4 Å². The largest absolute Gasteiger partial charge is 0.424 e. The predicted octanol–water partition coefficient (Wildman–Crippen LogP) is 8.29. The number of nitrogens with one attached hydrogen (secondary N) is 2. The zero-order chi connectivity index (χ0) is 33.7. The second-order valence-electron chi connectivity index (χ2n) is 12.0. The fourth-order valence-electron chi connectivity index (χ4n) is 5.80. The van der Waals surface area contributed by atoms with Crippen LogP contribution >= 0.6 is 11.6 Å². The number of benzene rings is 3. The number of hydrogen-bond donors (Lipinski definition) is 2. The fraction of sp³-hybridized carbons (Fsp3) is 0.308. The first-order valence-corrected chi connectivity index (χ1v) is 17.0. The summed E-state index contributed by atoms with van der Waals surface area (Å²) in [4.78, 5) is 18.2. The molecule has 3 aromatic carbocycles. The van der Waals surface area contributed by atoms with Gasteiger partial charge in [0, 0.05) is 63.0 Å². The Bertz CT molecular complexity index is 1680. The van der Waals surface area contributed by atoms with Crippen molar-refractivity contribution in [3.05, 3.63) is 131 Å². The highest BCUT2D eigenvalue weighted by atomic mass is 35.5. The van der Waals surface area contributed by atoms with E-state index < -0.39 is 0 Å². The third kappa shape index (κ3) is 10.5. The lowest BCUT2D eigenvalue weighted by atomic mass is 10.0. The molecule has 6 rings (SSSR count). The van der Waals surface area contributed by atoms with Crippen LogP contribution in [0.1, 0.15) is 43.0 Å². The Balaban J connectivity index is 0.00000145. The van der Waals surface area contributed by atoms with E-state index in [1.54, 1.807) is 24.5 Å². The predicted molar refractivity (Wildman–Crippen MR) is 199 cm³/mol. The average molecular weight is 664 g/mol. The summed E-state index contributed by atoms with van der Waals surface area (Å²) in [6, 6.07) is 25.8. The highest BCUT2D eigenvalue weighted by Crippen LogP contribution is 2.24. The van der Waals surface area contributed by atoms with Gasteiger partial charge in [0.25, 0.3) is 0 Å². The van der Waals surface area contributed by atoms with Crippen LogP contribution in [0.3, 0.4) is 0 Å².